The monoisotopic (exact) mass is 376 g/mol. The molecular weight excluding hydrogens is 360 g/mol. The second kappa shape index (κ2) is 6.53. The highest BCUT2D eigenvalue weighted by Gasteiger charge is 2.29. The highest BCUT2D eigenvalue weighted by atomic mass is 79.9. The predicted molar refractivity (Wildman–Crippen MR) is 91.2 cm³/mol. The predicted octanol–water partition coefficient (Wildman–Crippen LogP) is 2.79. The zero-order valence-electron chi connectivity index (χ0n) is 12.3. The first-order valence-electron chi connectivity index (χ1n) is 5.99. The first-order valence-corrected chi connectivity index (χ1v) is 6.78. The number of methoxy groups -OCH3 is 2. The average Bonchev–Trinajstić information content (AvgIpc) is 2.36. The molecule has 1 aromatic rings. The molecule has 2 rings (SSSR count). The van der Waals surface area contributed by atoms with Crippen LogP contribution in [0, 0.1) is 0 Å². The number of benzene rings is 1. The quantitative estimate of drug-likeness (QED) is 0.879. The van der Waals surface area contributed by atoms with Gasteiger partial charge in [0.1, 0.15) is 12.0 Å². The third kappa shape index (κ3) is 3.41. The minimum absolute atomic E-state index is 0. The summed E-state index contributed by atoms with van der Waals surface area (Å²) in [4.78, 5) is 10.3. The van der Waals surface area contributed by atoms with Gasteiger partial charge in [-0.3, -0.25) is 0 Å². The Balaban J connectivity index is 0.00000220. The number of guanidine groups is 1. The molecular formula is C13H18BrClN4O2. The fourth-order valence-electron chi connectivity index (χ4n) is 2.05. The van der Waals surface area contributed by atoms with Crippen LogP contribution in [0.1, 0.15) is 13.8 Å². The summed E-state index contributed by atoms with van der Waals surface area (Å²) in [5.74, 6) is 1.54. The Morgan fingerprint density at radius 1 is 1.24 bits per heavy atom. The summed E-state index contributed by atoms with van der Waals surface area (Å²) in [5, 5.41) is 0. The van der Waals surface area contributed by atoms with Crippen molar-refractivity contribution in [3.05, 3.63) is 16.6 Å². The van der Waals surface area contributed by atoms with Crippen LogP contribution in [-0.4, -0.2) is 32.2 Å². The second-order valence-electron chi connectivity index (χ2n) is 4.74. The lowest BCUT2D eigenvalue weighted by Crippen LogP contribution is -2.46. The van der Waals surface area contributed by atoms with E-state index in [0.29, 0.717) is 11.5 Å². The van der Waals surface area contributed by atoms with E-state index < -0.39 is 5.66 Å². The van der Waals surface area contributed by atoms with Crippen LogP contribution in [0.4, 0.5) is 5.69 Å². The number of hydrogen-bond acceptors (Lipinski definition) is 6. The van der Waals surface area contributed by atoms with Crippen molar-refractivity contribution >= 4 is 46.3 Å². The standard InChI is InChI=1S/C13H17BrN4O2.ClH/c1-13(2)17-12(15)16-7-18(13)8-5-9(14)11(20-4)10(6-8)19-3;/h5-7H,1-4H3,(H2,15,17);1H. The van der Waals surface area contributed by atoms with Crippen LogP contribution in [0.2, 0.25) is 0 Å². The van der Waals surface area contributed by atoms with Gasteiger partial charge in [-0.15, -0.1) is 12.4 Å². The summed E-state index contributed by atoms with van der Waals surface area (Å²) >= 11 is 3.48. The molecule has 0 bridgehead atoms. The van der Waals surface area contributed by atoms with E-state index in [4.69, 9.17) is 15.2 Å². The average molecular weight is 378 g/mol. The molecule has 0 aromatic heterocycles. The van der Waals surface area contributed by atoms with Crippen molar-refractivity contribution in [2.45, 2.75) is 19.5 Å². The van der Waals surface area contributed by atoms with Crippen molar-refractivity contribution in [3.63, 3.8) is 0 Å². The lowest BCUT2D eigenvalue weighted by molar-refractivity contribution is 0.353. The number of ether oxygens (including phenoxy) is 2. The van der Waals surface area contributed by atoms with Gasteiger partial charge in [0.15, 0.2) is 11.5 Å². The third-order valence-corrected chi connectivity index (χ3v) is 3.57. The molecule has 1 aromatic carbocycles. The number of rotatable bonds is 3. The molecule has 21 heavy (non-hydrogen) atoms. The molecule has 1 aliphatic heterocycles. The van der Waals surface area contributed by atoms with E-state index in [-0.39, 0.29) is 18.4 Å². The normalized spacial score (nSPS) is 16.0. The van der Waals surface area contributed by atoms with Gasteiger partial charge in [0.2, 0.25) is 5.96 Å². The van der Waals surface area contributed by atoms with Crippen LogP contribution in [0.3, 0.4) is 0 Å². The van der Waals surface area contributed by atoms with Gasteiger partial charge in [0.25, 0.3) is 0 Å². The van der Waals surface area contributed by atoms with Gasteiger partial charge in [-0.2, -0.15) is 0 Å². The first kappa shape index (κ1) is 17.6. The fourth-order valence-corrected chi connectivity index (χ4v) is 2.64. The van der Waals surface area contributed by atoms with E-state index in [1.54, 1.807) is 20.6 Å². The van der Waals surface area contributed by atoms with Gasteiger partial charge in [-0.05, 0) is 35.8 Å². The first-order chi connectivity index (χ1) is 9.39. The summed E-state index contributed by atoms with van der Waals surface area (Å²) < 4.78 is 11.5. The lowest BCUT2D eigenvalue weighted by atomic mass is 10.1. The summed E-state index contributed by atoms with van der Waals surface area (Å²) in [6.45, 7) is 3.91. The maximum atomic E-state index is 5.65. The van der Waals surface area contributed by atoms with Gasteiger partial charge in [0, 0.05) is 11.8 Å². The van der Waals surface area contributed by atoms with Crippen molar-refractivity contribution in [3.8, 4) is 11.5 Å². The molecule has 0 radical (unpaired) electrons. The Bertz CT molecular complexity index is 590. The number of aliphatic imine (C=N–C) groups is 2. The molecule has 0 unspecified atom stereocenters. The Morgan fingerprint density at radius 3 is 2.43 bits per heavy atom. The second-order valence-corrected chi connectivity index (χ2v) is 5.60. The molecule has 0 saturated carbocycles. The van der Waals surface area contributed by atoms with Gasteiger partial charge in [-0.1, -0.05) is 0 Å². The molecule has 0 aliphatic carbocycles. The highest BCUT2D eigenvalue weighted by molar-refractivity contribution is 9.10. The van der Waals surface area contributed by atoms with E-state index >= 15 is 0 Å². The van der Waals surface area contributed by atoms with E-state index in [9.17, 15) is 0 Å². The molecule has 1 heterocycles. The van der Waals surface area contributed by atoms with Gasteiger partial charge < -0.3 is 20.1 Å². The summed E-state index contributed by atoms with van der Waals surface area (Å²) in [6.07, 6.45) is 1.66. The number of hydrogen-bond donors (Lipinski definition) is 1. The zero-order chi connectivity index (χ0) is 14.9. The summed E-state index contributed by atoms with van der Waals surface area (Å²) in [5.41, 5.74) is 6.01. The van der Waals surface area contributed by atoms with Crippen molar-refractivity contribution < 1.29 is 9.47 Å². The Kier molecular flexibility index (Phi) is 5.47. The van der Waals surface area contributed by atoms with Crippen LogP contribution in [0.25, 0.3) is 0 Å². The van der Waals surface area contributed by atoms with E-state index in [2.05, 4.69) is 25.9 Å². The number of nitrogens with zero attached hydrogens (tertiary/aromatic N) is 3. The number of anilines is 1. The largest absolute Gasteiger partial charge is 0.493 e. The molecule has 2 N–H and O–H groups in total. The van der Waals surface area contributed by atoms with E-state index in [1.165, 1.54) is 0 Å². The van der Waals surface area contributed by atoms with Crippen LogP contribution in [0.5, 0.6) is 11.5 Å². The molecule has 0 spiro atoms. The highest BCUT2D eigenvalue weighted by Crippen LogP contribution is 2.40. The number of halogens is 2. The molecule has 8 heteroatoms. The maximum absolute atomic E-state index is 5.65. The molecule has 116 valence electrons. The topological polar surface area (TPSA) is 72.4 Å². The van der Waals surface area contributed by atoms with Gasteiger partial charge >= 0.3 is 0 Å². The molecule has 1 aliphatic rings. The lowest BCUT2D eigenvalue weighted by Gasteiger charge is -2.36. The van der Waals surface area contributed by atoms with E-state index in [0.717, 1.165) is 10.2 Å². The number of nitrogens with two attached hydrogens (primary N) is 1. The van der Waals surface area contributed by atoms with Crippen molar-refractivity contribution in [1.29, 1.82) is 0 Å². The molecule has 0 amide bonds. The third-order valence-electron chi connectivity index (χ3n) is 2.98. The van der Waals surface area contributed by atoms with Gasteiger partial charge in [0.05, 0.1) is 18.7 Å². The summed E-state index contributed by atoms with van der Waals surface area (Å²) in [6, 6.07) is 3.79. The molecule has 0 atom stereocenters. The van der Waals surface area contributed by atoms with E-state index in [1.807, 2.05) is 30.9 Å². The Labute approximate surface area is 138 Å². The Hall–Kier alpha value is -1.47. The molecule has 0 fully saturated rings. The molecule has 0 saturated heterocycles. The van der Waals surface area contributed by atoms with Crippen LogP contribution in [0.15, 0.2) is 26.6 Å². The summed E-state index contributed by atoms with van der Waals surface area (Å²) in [7, 11) is 3.19. The zero-order valence-corrected chi connectivity index (χ0v) is 14.7. The van der Waals surface area contributed by atoms with Gasteiger partial charge in [-0.25, -0.2) is 9.98 Å². The van der Waals surface area contributed by atoms with Crippen molar-refractivity contribution in [2.75, 3.05) is 19.1 Å². The van der Waals surface area contributed by atoms with Crippen LogP contribution in [-0.2, 0) is 0 Å². The van der Waals surface area contributed by atoms with Crippen LogP contribution >= 0.6 is 28.3 Å². The minimum Gasteiger partial charge on any atom is -0.493 e. The molecule has 6 nitrogen and oxygen atoms in total. The van der Waals surface area contributed by atoms with Crippen molar-refractivity contribution in [2.24, 2.45) is 15.7 Å². The Morgan fingerprint density at radius 2 is 1.90 bits per heavy atom. The maximum Gasteiger partial charge on any atom is 0.219 e. The SMILES string of the molecule is COc1cc(N2C=NC(N)=NC2(C)C)cc(Br)c1OC.Cl. The van der Waals surface area contributed by atoms with Crippen molar-refractivity contribution in [1.82, 2.24) is 0 Å². The smallest absolute Gasteiger partial charge is 0.219 e. The fraction of sp³-hybridized carbons (Fsp3) is 0.385. The van der Waals surface area contributed by atoms with Crippen LogP contribution < -0.4 is 20.1 Å². The minimum atomic E-state index is -0.523.